The van der Waals surface area contributed by atoms with Crippen molar-refractivity contribution < 1.29 is 4.92 Å². The molecule has 2 atom stereocenters. The molecule has 0 heterocycles. The second-order valence-corrected chi connectivity index (χ2v) is 3.75. The van der Waals surface area contributed by atoms with E-state index in [1.807, 2.05) is 6.07 Å². The molecule has 13 heavy (non-hydrogen) atoms. The van der Waals surface area contributed by atoms with Crippen LogP contribution in [0.3, 0.4) is 0 Å². The number of nitriles is 1. The number of nitrogens with zero attached hydrogens (tertiary/aromatic N) is 2. The highest BCUT2D eigenvalue weighted by atomic mass is 16.6. The number of hydrogen-bond donors (Lipinski definition) is 1. The summed E-state index contributed by atoms with van der Waals surface area (Å²) in [6.07, 6.45) is 2.77. The van der Waals surface area contributed by atoms with E-state index in [4.69, 9.17) is 11.0 Å². The molecule has 0 bridgehead atoms. The van der Waals surface area contributed by atoms with Crippen LogP contribution in [0.25, 0.3) is 0 Å². The quantitative estimate of drug-likeness (QED) is 0.503. The van der Waals surface area contributed by atoms with Crippen molar-refractivity contribution in [3.63, 3.8) is 0 Å². The van der Waals surface area contributed by atoms with Crippen molar-refractivity contribution in [2.24, 2.45) is 11.7 Å². The maximum absolute atomic E-state index is 10.2. The van der Waals surface area contributed by atoms with Crippen LogP contribution < -0.4 is 5.73 Å². The first-order chi connectivity index (χ1) is 6.06. The third-order valence-electron chi connectivity index (χ3n) is 2.52. The standard InChI is InChI=1S/C8H13N3O2/c9-6-8(10)3-1-2-7(4-8)5-11(12)13/h7H,1-5,10H2. The molecule has 1 fully saturated rings. The fourth-order valence-corrected chi connectivity index (χ4v) is 1.89. The van der Waals surface area contributed by atoms with Crippen LogP contribution in [-0.4, -0.2) is 17.0 Å². The van der Waals surface area contributed by atoms with Crippen LogP contribution in [-0.2, 0) is 0 Å². The zero-order valence-corrected chi connectivity index (χ0v) is 7.40. The molecule has 0 amide bonds. The zero-order valence-electron chi connectivity index (χ0n) is 7.40. The average molecular weight is 183 g/mol. The summed E-state index contributed by atoms with van der Waals surface area (Å²) in [5.74, 6) is -0.0200. The van der Waals surface area contributed by atoms with Gasteiger partial charge in [0.25, 0.3) is 0 Å². The summed E-state index contributed by atoms with van der Waals surface area (Å²) >= 11 is 0. The van der Waals surface area contributed by atoms with Gasteiger partial charge in [0.1, 0.15) is 5.54 Å². The van der Waals surface area contributed by atoms with Crippen LogP contribution in [0.5, 0.6) is 0 Å². The first kappa shape index (κ1) is 9.93. The summed E-state index contributed by atoms with van der Waals surface area (Å²) in [4.78, 5) is 9.92. The minimum atomic E-state index is -0.821. The van der Waals surface area contributed by atoms with Gasteiger partial charge in [0.2, 0.25) is 6.54 Å². The molecule has 0 aromatic carbocycles. The second-order valence-electron chi connectivity index (χ2n) is 3.75. The maximum atomic E-state index is 10.2. The van der Waals surface area contributed by atoms with Crippen LogP contribution >= 0.6 is 0 Å². The molecule has 72 valence electrons. The van der Waals surface area contributed by atoms with Gasteiger partial charge in [-0.05, 0) is 19.3 Å². The lowest BCUT2D eigenvalue weighted by atomic mass is 9.77. The van der Waals surface area contributed by atoms with Gasteiger partial charge in [0, 0.05) is 10.8 Å². The molecule has 1 saturated carbocycles. The largest absolute Gasteiger partial charge is 0.313 e. The molecule has 2 unspecified atom stereocenters. The van der Waals surface area contributed by atoms with E-state index < -0.39 is 5.54 Å². The summed E-state index contributed by atoms with van der Waals surface area (Å²) in [7, 11) is 0. The second kappa shape index (κ2) is 3.71. The monoisotopic (exact) mass is 183 g/mol. The number of rotatable bonds is 2. The Balaban J connectivity index is 2.52. The lowest BCUT2D eigenvalue weighted by Gasteiger charge is -2.30. The minimum absolute atomic E-state index is 0.0200. The molecule has 0 radical (unpaired) electrons. The van der Waals surface area contributed by atoms with Gasteiger partial charge >= 0.3 is 0 Å². The van der Waals surface area contributed by atoms with E-state index in [-0.39, 0.29) is 17.4 Å². The first-order valence-electron chi connectivity index (χ1n) is 4.38. The topological polar surface area (TPSA) is 93.0 Å². The van der Waals surface area contributed by atoms with E-state index in [0.717, 1.165) is 12.8 Å². The fourth-order valence-electron chi connectivity index (χ4n) is 1.89. The van der Waals surface area contributed by atoms with Gasteiger partial charge in [-0.1, -0.05) is 6.42 Å². The van der Waals surface area contributed by atoms with Crippen molar-refractivity contribution in [2.75, 3.05) is 6.54 Å². The van der Waals surface area contributed by atoms with Crippen LogP contribution in [0, 0.1) is 27.4 Å². The number of hydrogen-bond acceptors (Lipinski definition) is 4. The van der Waals surface area contributed by atoms with E-state index in [2.05, 4.69) is 0 Å². The number of nitrogens with two attached hydrogens (primary N) is 1. The van der Waals surface area contributed by atoms with Gasteiger partial charge < -0.3 is 5.73 Å². The lowest BCUT2D eigenvalue weighted by Crippen LogP contribution is -2.44. The molecule has 2 N–H and O–H groups in total. The molecule has 0 saturated heterocycles. The maximum Gasteiger partial charge on any atom is 0.206 e. The third kappa shape index (κ3) is 2.67. The smallest absolute Gasteiger partial charge is 0.206 e. The molecule has 0 aromatic heterocycles. The van der Waals surface area contributed by atoms with Crippen LogP contribution in [0.2, 0.25) is 0 Å². The molecule has 0 spiro atoms. The van der Waals surface area contributed by atoms with Gasteiger partial charge in [-0.25, -0.2) is 0 Å². The summed E-state index contributed by atoms with van der Waals surface area (Å²) in [6, 6.07) is 2.04. The Bertz CT molecular complexity index is 248. The van der Waals surface area contributed by atoms with E-state index >= 15 is 0 Å². The highest BCUT2D eigenvalue weighted by Crippen LogP contribution is 2.30. The zero-order chi connectivity index (χ0) is 9.90. The summed E-state index contributed by atoms with van der Waals surface area (Å²) in [5.41, 5.74) is 4.92. The van der Waals surface area contributed by atoms with E-state index in [0.29, 0.717) is 12.8 Å². The molecular weight excluding hydrogens is 170 g/mol. The molecule has 1 aliphatic rings. The summed E-state index contributed by atoms with van der Waals surface area (Å²) in [5, 5.41) is 19.0. The van der Waals surface area contributed by atoms with E-state index in [1.165, 1.54) is 0 Å². The van der Waals surface area contributed by atoms with Crippen molar-refractivity contribution in [3.8, 4) is 6.07 Å². The minimum Gasteiger partial charge on any atom is -0.313 e. The van der Waals surface area contributed by atoms with E-state index in [1.54, 1.807) is 0 Å². The Morgan fingerprint density at radius 2 is 2.46 bits per heavy atom. The third-order valence-corrected chi connectivity index (χ3v) is 2.52. The predicted molar refractivity (Wildman–Crippen MR) is 46.4 cm³/mol. The lowest BCUT2D eigenvalue weighted by molar-refractivity contribution is -0.489. The number of nitro groups is 1. The SMILES string of the molecule is N#CC1(N)CCCC(C[N+](=O)[O-])C1. The Labute approximate surface area is 76.7 Å². The van der Waals surface area contributed by atoms with Gasteiger partial charge in [-0.2, -0.15) is 5.26 Å². The van der Waals surface area contributed by atoms with Gasteiger partial charge in [-0.3, -0.25) is 10.1 Å². The Morgan fingerprint density at radius 1 is 1.77 bits per heavy atom. The molecule has 0 aliphatic heterocycles. The van der Waals surface area contributed by atoms with E-state index in [9.17, 15) is 10.1 Å². The fraction of sp³-hybridized carbons (Fsp3) is 0.875. The molecule has 0 aromatic rings. The van der Waals surface area contributed by atoms with Crippen molar-refractivity contribution in [2.45, 2.75) is 31.2 Å². The molecule has 5 nitrogen and oxygen atoms in total. The molecule has 1 rings (SSSR count). The van der Waals surface area contributed by atoms with Gasteiger partial charge in [0.15, 0.2) is 0 Å². The van der Waals surface area contributed by atoms with Crippen LogP contribution in [0.15, 0.2) is 0 Å². The predicted octanol–water partition coefficient (Wildman–Crippen LogP) is 0.674. The normalized spacial score (nSPS) is 33.7. The first-order valence-corrected chi connectivity index (χ1v) is 4.38. The van der Waals surface area contributed by atoms with Gasteiger partial charge in [-0.15, -0.1) is 0 Å². The van der Waals surface area contributed by atoms with Crippen molar-refractivity contribution in [1.82, 2.24) is 0 Å². The van der Waals surface area contributed by atoms with Crippen LogP contribution in [0.4, 0.5) is 0 Å². The highest BCUT2D eigenvalue weighted by Gasteiger charge is 2.34. The molecule has 1 aliphatic carbocycles. The van der Waals surface area contributed by atoms with Gasteiger partial charge in [0.05, 0.1) is 6.07 Å². The average Bonchev–Trinajstić information content (AvgIpc) is 2.03. The summed E-state index contributed by atoms with van der Waals surface area (Å²) < 4.78 is 0. The molecule has 5 heteroatoms. The van der Waals surface area contributed by atoms with Crippen LogP contribution in [0.1, 0.15) is 25.7 Å². The summed E-state index contributed by atoms with van der Waals surface area (Å²) in [6.45, 7) is -0.0549. The Kier molecular flexibility index (Phi) is 2.83. The molecular formula is C8H13N3O2. The highest BCUT2D eigenvalue weighted by molar-refractivity contribution is 5.07. The van der Waals surface area contributed by atoms with Crippen molar-refractivity contribution >= 4 is 0 Å². The Morgan fingerprint density at radius 3 is 3.00 bits per heavy atom. The van der Waals surface area contributed by atoms with Crippen molar-refractivity contribution in [3.05, 3.63) is 10.1 Å². The Hall–Kier alpha value is -1.15. The van der Waals surface area contributed by atoms with Crippen molar-refractivity contribution in [1.29, 1.82) is 5.26 Å².